The van der Waals surface area contributed by atoms with Crippen molar-refractivity contribution in [2.24, 2.45) is 5.92 Å². The van der Waals surface area contributed by atoms with Crippen LogP contribution in [-0.2, 0) is 4.79 Å². The molecule has 1 unspecified atom stereocenters. The number of hydrogen-bond acceptors (Lipinski definition) is 1. The number of rotatable bonds is 3. The smallest absolute Gasteiger partial charge is 0.265 e. The van der Waals surface area contributed by atoms with Crippen molar-refractivity contribution in [3.63, 3.8) is 0 Å². The van der Waals surface area contributed by atoms with Crippen molar-refractivity contribution < 1.29 is 13.6 Å². The highest BCUT2D eigenvalue weighted by atomic mass is 19.3. The van der Waals surface area contributed by atoms with Crippen LogP contribution in [0.25, 0.3) is 0 Å². The Bertz CT molecular complexity index is 248. The maximum atomic E-state index is 13.4. The summed E-state index contributed by atoms with van der Waals surface area (Å²) in [5.41, 5.74) is 0. The van der Waals surface area contributed by atoms with Gasteiger partial charge in [-0.2, -0.15) is 0 Å². The molecule has 0 bridgehead atoms. The van der Waals surface area contributed by atoms with Gasteiger partial charge in [0.2, 0.25) is 5.91 Å². The first-order valence-corrected chi connectivity index (χ1v) is 5.99. The van der Waals surface area contributed by atoms with Crippen LogP contribution < -0.4 is 0 Å². The fourth-order valence-corrected chi connectivity index (χ4v) is 2.22. The van der Waals surface area contributed by atoms with Gasteiger partial charge in [-0.3, -0.25) is 4.79 Å². The molecule has 0 aliphatic carbocycles. The predicted octanol–water partition coefficient (Wildman–Crippen LogP) is 3.07. The molecule has 0 aromatic rings. The minimum absolute atomic E-state index is 0.124. The SMILES string of the molecule is CC(C)CC(=O)N1CCCCC1C(C)(F)F. The second kappa shape index (κ2) is 5.11. The van der Waals surface area contributed by atoms with Crippen LogP contribution >= 0.6 is 0 Å². The average Bonchev–Trinajstić information content (AvgIpc) is 2.15. The topological polar surface area (TPSA) is 20.3 Å². The van der Waals surface area contributed by atoms with Gasteiger partial charge in [-0.05, 0) is 25.2 Å². The predicted molar refractivity (Wildman–Crippen MR) is 59.4 cm³/mol. The Kier molecular flexibility index (Phi) is 4.28. The van der Waals surface area contributed by atoms with Gasteiger partial charge in [-0.25, -0.2) is 8.78 Å². The van der Waals surface area contributed by atoms with Gasteiger partial charge < -0.3 is 4.90 Å². The molecule has 0 radical (unpaired) electrons. The summed E-state index contributed by atoms with van der Waals surface area (Å²) in [5.74, 6) is -2.69. The van der Waals surface area contributed by atoms with E-state index in [0.29, 0.717) is 19.4 Å². The van der Waals surface area contributed by atoms with Crippen LogP contribution in [0.15, 0.2) is 0 Å². The third kappa shape index (κ3) is 3.42. The Morgan fingerprint density at radius 3 is 2.56 bits per heavy atom. The summed E-state index contributed by atoms with van der Waals surface area (Å²) in [7, 11) is 0. The molecule has 4 heteroatoms. The molecule has 1 aliphatic heterocycles. The number of carbonyl (C=O) groups is 1. The Hall–Kier alpha value is -0.670. The van der Waals surface area contributed by atoms with Crippen molar-refractivity contribution in [3.8, 4) is 0 Å². The lowest BCUT2D eigenvalue weighted by molar-refractivity contribution is -0.147. The fraction of sp³-hybridized carbons (Fsp3) is 0.917. The number of piperidine rings is 1. The van der Waals surface area contributed by atoms with Gasteiger partial charge in [0, 0.05) is 19.9 Å². The van der Waals surface area contributed by atoms with Crippen LogP contribution in [0.5, 0.6) is 0 Å². The lowest BCUT2D eigenvalue weighted by atomic mass is 9.96. The molecule has 0 saturated carbocycles. The zero-order chi connectivity index (χ0) is 12.3. The fourth-order valence-electron chi connectivity index (χ4n) is 2.22. The normalized spacial score (nSPS) is 22.6. The summed E-state index contributed by atoms with van der Waals surface area (Å²) < 4.78 is 26.7. The second-order valence-electron chi connectivity index (χ2n) is 5.15. The van der Waals surface area contributed by atoms with Crippen LogP contribution in [0.2, 0.25) is 0 Å². The second-order valence-corrected chi connectivity index (χ2v) is 5.15. The molecular weight excluding hydrogens is 212 g/mol. The highest BCUT2D eigenvalue weighted by Gasteiger charge is 2.41. The van der Waals surface area contributed by atoms with Crippen molar-refractivity contribution in [2.45, 2.75) is 58.4 Å². The molecule has 0 aromatic heterocycles. The van der Waals surface area contributed by atoms with E-state index in [1.54, 1.807) is 0 Å². The maximum Gasteiger partial charge on any atom is 0.265 e. The van der Waals surface area contributed by atoms with Crippen molar-refractivity contribution >= 4 is 5.91 Å². The van der Waals surface area contributed by atoms with Crippen LogP contribution in [0.1, 0.15) is 46.5 Å². The lowest BCUT2D eigenvalue weighted by Crippen LogP contribution is -2.52. The zero-order valence-corrected chi connectivity index (χ0v) is 10.3. The molecule has 0 N–H and O–H groups in total. The third-order valence-corrected chi connectivity index (χ3v) is 2.99. The highest BCUT2D eigenvalue weighted by molar-refractivity contribution is 5.77. The molecule has 0 spiro atoms. The Balaban J connectivity index is 2.70. The van der Waals surface area contributed by atoms with Crippen molar-refractivity contribution in [2.75, 3.05) is 6.54 Å². The molecule has 1 heterocycles. The molecule has 1 aliphatic rings. The van der Waals surface area contributed by atoms with E-state index in [-0.39, 0.29) is 11.8 Å². The number of likely N-dealkylation sites (tertiary alicyclic amines) is 1. The van der Waals surface area contributed by atoms with Gasteiger partial charge in [-0.1, -0.05) is 13.8 Å². The minimum Gasteiger partial charge on any atom is -0.334 e. The summed E-state index contributed by atoms with van der Waals surface area (Å²) in [6.07, 6.45) is 2.43. The molecule has 0 aromatic carbocycles. The molecule has 1 fully saturated rings. The Morgan fingerprint density at radius 2 is 2.06 bits per heavy atom. The molecule has 94 valence electrons. The Morgan fingerprint density at radius 1 is 1.44 bits per heavy atom. The summed E-state index contributed by atoms with van der Waals surface area (Å²) in [5, 5.41) is 0. The third-order valence-electron chi connectivity index (χ3n) is 2.99. The number of carbonyl (C=O) groups excluding carboxylic acids is 1. The van der Waals surface area contributed by atoms with E-state index in [1.165, 1.54) is 4.90 Å². The molecule has 16 heavy (non-hydrogen) atoms. The summed E-state index contributed by atoms with van der Waals surface area (Å²) in [6.45, 7) is 5.26. The van der Waals surface area contributed by atoms with E-state index in [0.717, 1.165) is 19.8 Å². The van der Waals surface area contributed by atoms with Crippen LogP contribution in [0.4, 0.5) is 8.78 Å². The molecule has 1 amide bonds. The van der Waals surface area contributed by atoms with Gasteiger partial charge in [-0.15, -0.1) is 0 Å². The largest absolute Gasteiger partial charge is 0.334 e. The highest BCUT2D eigenvalue weighted by Crippen LogP contribution is 2.31. The first-order chi connectivity index (χ1) is 7.32. The average molecular weight is 233 g/mol. The number of nitrogens with zero attached hydrogens (tertiary/aromatic N) is 1. The molecular formula is C12H21F2NO. The first-order valence-electron chi connectivity index (χ1n) is 5.99. The lowest BCUT2D eigenvalue weighted by Gasteiger charge is -2.39. The van der Waals surface area contributed by atoms with E-state index >= 15 is 0 Å². The summed E-state index contributed by atoms with van der Waals surface area (Å²) in [4.78, 5) is 13.3. The van der Waals surface area contributed by atoms with Crippen LogP contribution in [0, 0.1) is 5.92 Å². The molecule has 1 atom stereocenters. The maximum absolute atomic E-state index is 13.4. The van der Waals surface area contributed by atoms with Gasteiger partial charge in [0.05, 0.1) is 6.04 Å². The molecule has 2 nitrogen and oxygen atoms in total. The van der Waals surface area contributed by atoms with E-state index in [1.807, 2.05) is 13.8 Å². The van der Waals surface area contributed by atoms with Gasteiger partial charge in [0.25, 0.3) is 5.92 Å². The first kappa shape index (κ1) is 13.4. The standard InChI is InChI=1S/C12H21F2NO/c1-9(2)8-11(16)15-7-5-4-6-10(15)12(3,13)14/h9-10H,4-8H2,1-3H3. The number of alkyl halides is 2. The van der Waals surface area contributed by atoms with E-state index < -0.39 is 12.0 Å². The summed E-state index contributed by atoms with van der Waals surface area (Å²) >= 11 is 0. The van der Waals surface area contributed by atoms with Crippen molar-refractivity contribution in [3.05, 3.63) is 0 Å². The van der Waals surface area contributed by atoms with E-state index in [2.05, 4.69) is 0 Å². The Labute approximate surface area is 96.0 Å². The molecule has 1 rings (SSSR count). The number of hydrogen-bond donors (Lipinski definition) is 0. The molecule has 1 saturated heterocycles. The van der Waals surface area contributed by atoms with Crippen molar-refractivity contribution in [1.82, 2.24) is 4.90 Å². The van der Waals surface area contributed by atoms with Gasteiger partial charge >= 0.3 is 0 Å². The monoisotopic (exact) mass is 233 g/mol. The van der Waals surface area contributed by atoms with Crippen LogP contribution in [-0.4, -0.2) is 29.3 Å². The van der Waals surface area contributed by atoms with Crippen molar-refractivity contribution in [1.29, 1.82) is 0 Å². The number of amides is 1. The van der Waals surface area contributed by atoms with Gasteiger partial charge in [0.1, 0.15) is 0 Å². The van der Waals surface area contributed by atoms with Crippen LogP contribution in [0.3, 0.4) is 0 Å². The summed E-state index contributed by atoms with van der Waals surface area (Å²) in [6, 6.07) is -0.896. The zero-order valence-electron chi connectivity index (χ0n) is 10.3. The van der Waals surface area contributed by atoms with E-state index in [4.69, 9.17) is 0 Å². The van der Waals surface area contributed by atoms with E-state index in [9.17, 15) is 13.6 Å². The number of halogens is 2. The van der Waals surface area contributed by atoms with Gasteiger partial charge in [0.15, 0.2) is 0 Å². The quantitative estimate of drug-likeness (QED) is 0.733. The minimum atomic E-state index is -2.78.